The molecule has 2 aromatic carbocycles. The number of benzene rings is 2. The van der Waals surface area contributed by atoms with Crippen LogP contribution in [-0.2, 0) is 4.79 Å². The van der Waals surface area contributed by atoms with Crippen LogP contribution >= 0.6 is 0 Å². The number of amides is 1. The maximum atomic E-state index is 13.1. The maximum Gasteiger partial charge on any atom is 0.255 e. The second-order valence-corrected chi connectivity index (χ2v) is 7.41. The Morgan fingerprint density at radius 2 is 1.97 bits per heavy atom. The van der Waals surface area contributed by atoms with E-state index in [-0.39, 0.29) is 11.5 Å². The fourth-order valence-corrected chi connectivity index (χ4v) is 3.76. The number of nitrogens with one attached hydrogen (secondary N) is 1. The SMILES string of the molecule is C=CC(=O)Nc1cc(-n2c(=O)ccc3cnc4ccc(-c5cnoc5)cc4c32)ccc1C. The number of aryl methyl sites for hydroxylation is 1. The Hall–Kier alpha value is -4.52. The summed E-state index contributed by atoms with van der Waals surface area (Å²) in [5.74, 6) is -0.316. The molecule has 32 heavy (non-hydrogen) atoms. The van der Waals surface area contributed by atoms with Gasteiger partial charge in [-0.3, -0.25) is 19.1 Å². The summed E-state index contributed by atoms with van der Waals surface area (Å²) in [7, 11) is 0. The van der Waals surface area contributed by atoms with Gasteiger partial charge in [0.1, 0.15) is 6.26 Å². The van der Waals surface area contributed by atoms with Gasteiger partial charge in [-0.25, -0.2) is 0 Å². The van der Waals surface area contributed by atoms with Crippen molar-refractivity contribution in [2.45, 2.75) is 6.92 Å². The smallest absolute Gasteiger partial charge is 0.255 e. The molecule has 5 aromatic rings. The molecule has 156 valence electrons. The summed E-state index contributed by atoms with van der Waals surface area (Å²) in [5.41, 5.74) is 5.14. The van der Waals surface area contributed by atoms with Gasteiger partial charge in [0.2, 0.25) is 5.91 Å². The molecule has 0 spiro atoms. The van der Waals surface area contributed by atoms with Gasteiger partial charge in [0.05, 0.1) is 22.9 Å². The maximum absolute atomic E-state index is 13.1. The summed E-state index contributed by atoms with van der Waals surface area (Å²) in [6, 6.07) is 14.6. The van der Waals surface area contributed by atoms with E-state index in [2.05, 4.69) is 22.0 Å². The molecule has 3 aromatic heterocycles. The molecule has 1 N–H and O–H groups in total. The van der Waals surface area contributed by atoms with Crippen LogP contribution in [0.25, 0.3) is 38.6 Å². The van der Waals surface area contributed by atoms with Gasteiger partial charge in [0, 0.05) is 34.3 Å². The van der Waals surface area contributed by atoms with Crippen LogP contribution in [0.5, 0.6) is 0 Å². The number of fused-ring (bicyclic) bond motifs is 3. The summed E-state index contributed by atoms with van der Waals surface area (Å²) in [4.78, 5) is 29.5. The van der Waals surface area contributed by atoms with Crippen LogP contribution in [-0.4, -0.2) is 20.6 Å². The molecular formula is C25H18N4O3. The molecule has 1 amide bonds. The standard InChI is InChI=1S/C25H18N4O3/c1-3-23(30)28-22-11-19(7-4-15(22)2)29-24(31)9-6-17-12-26-21-8-5-16(10-20(21)25(17)29)18-13-27-32-14-18/h3-14H,1H2,2H3,(H,28,30). The zero-order chi connectivity index (χ0) is 22.2. The number of anilines is 1. The van der Waals surface area contributed by atoms with Gasteiger partial charge in [-0.05, 0) is 54.5 Å². The molecule has 0 saturated carbocycles. The molecule has 0 aliphatic rings. The summed E-state index contributed by atoms with van der Waals surface area (Å²) in [6.45, 7) is 5.39. The molecule has 0 bridgehead atoms. The first-order valence-electron chi connectivity index (χ1n) is 9.94. The predicted octanol–water partition coefficient (Wildman–Crippen LogP) is 4.63. The Kier molecular flexibility index (Phi) is 4.63. The Morgan fingerprint density at radius 1 is 1.09 bits per heavy atom. The number of carbonyl (C=O) groups is 1. The second kappa shape index (κ2) is 7.63. The van der Waals surface area contributed by atoms with Crippen molar-refractivity contribution in [1.29, 1.82) is 0 Å². The number of pyridine rings is 2. The van der Waals surface area contributed by atoms with Crippen LogP contribution in [0.4, 0.5) is 5.69 Å². The zero-order valence-corrected chi connectivity index (χ0v) is 17.2. The molecule has 0 saturated heterocycles. The summed E-state index contributed by atoms with van der Waals surface area (Å²) in [6.07, 6.45) is 6.17. The number of carbonyl (C=O) groups excluding carboxylic acids is 1. The van der Waals surface area contributed by atoms with Gasteiger partial charge >= 0.3 is 0 Å². The van der Waals surface area contributed by atoms with Crippen molar-refractivity contribution in [2.75, 3.05) is 5.32 Å². The first-order chi connectivity index (χ1) is 15.5. The van der Waals surface area contributed by atoms with Crippen molar-refractivity contribution in [3.63, 3.8) is 0 Å². The number of nitrogens with zero attached hydrogens (tertiary/aromatic N) is 3. The van der Waals surface area contributed by atoms with Gasteiger partial charge < -0.3 is 9.84 Å². The molecular weight excluding hydrogens is 404 g/mol. The van der Waals surface area contributed by atoms with E-state index in [0.29, 0.717) is 11.4 Å². The normalized spacial score (nSPS) is 11.0. The van der Waals surface area contributed by atoms with Crippen LogP contribution in [0, 0.1) is 6.92 Å². The monoisotopic (exact) mass is 422 g/mol. The minimum atomic E-state index is -0.316. The Balaban J connectivity index is 1.81. The lowest BCUT2D eigenvalue weighted by molar-refractivity contribution is -0.111. The molecule has 7 heteroatoms. The lowest BCUT2D eigenvalue weighted by Crippen LogP contribution is -2.18. The molecule has 7 nitrogen and oxygen atoms in total. The first-order valence-corrected chi connectivity index (χ1v) is 9.94. The third-order valence-electron chi connectivity index (χ3n) is 5.41. The number of hydrogen-bond donors (Lipinski definition) is 1. The minimum Gasteiger partial charge on any atom is -0.364 e. The van der Waals surface area contributed by atoms with E-state index < -0.39 is 0 Å². The van der Waals surface area contributed by atoms with E-state index in [1.165, 1.54) is 12.1 Å². The molecule has 5 rings (SSSR count). The van der Waals surface area contributed by atoms with Crippen molar-refractivity contribution in [1.82, 2.24) is 14.7 Å². The van der Waals surface area contributed by atoms with Gasteiger partial charge in [-0.15, -0.1) is 0 Å². The molecule has 0 radical (unpaired) electrons. The van der Waals surface area contributed by atoms with Crippen LogP contribution < -0.4 is 10.9 Å². The van der Waals surface area contributed by atoms with E-state index in [1.54, 1.807) is 35.4 Å². The fraction of sp³-hybridized carbons (Fsp3) is 0.0400. The molecule has 0 aliphatic carbocycles. The fourth-order valence-electron chi connectivity index (χ4n) is 3.76. The van der Waals surface area contributed by atoms with Gasteiger partial charge in [0.15, 0.2) is 0 Å². The lowest BCUT2D eigenvalue weighted by Gasteiger charge is -2.15. The quantitative estimate of drug-likeness (QED) is 0.337. The molecule has 0 atom stereocenters. The average Bonchev–Trinajstić information content (AvgIpc) is 3.35. The third-order valence-corrected chi connectivity index (χ3v) is 5.41. The van der Waals surface area contributed by atoms with Gasteiger partial charge in [-0.2, -0.15) is 0 Å². The van der Waals surface area contributed by atoms with Crippen LogP contribution in [0.2, 0.25) is 0 Å². The zero-order valence-electron chi connectivity index (χ0n) is 17.2. The highest BCUT2D eigenvalue weighted by molar-refractivity contribution is 6.05. The van der Waals surface area contributed by atoms with E-state index in [1.807, 2.05) is 37.3 Å². The first kappa shape index (κ1) is 19.4. The van der Waals surface area contributed by atoms with Crippen molar-refractivity contribution in [2.24, 2.45) is 0 Å². The molecule has 0 aliphatic heterocycles. The van der Waals surface area contributed by atoms with E-state index >= 15 is 0 Å². The summed E-state index contributed by atoms with van der Waals surface area (Å²) in [5, 5.41) is 8.21. The highest BCUT2D eigenvalue weighted by Crippen LogP contribution is 2.30. The van der Waals surface area contributed by atoms with Crippen molar-refractivity contribution in [3.8, 4) is 16.8 Å². The highest BCUT2D eigenvalue weighted by Gasteiger charge is 2.13. The lowest BCUT2D eigenvalue weighted by atomic mass is 10.0. The predicted molar refractivity (Wildman–Crippen MR) is 124 cm³/mol. The van der Waals surface area contributed by atoms with Crippen molar-refractivity contribution < 1.29 is 9.32 Å². The van der Waals surface area contributed by atoms with E-state index in [4.69, 9.17) is 4.52 Å². The Labute approximate surface area is 182 Å². The second-order valence-electron chi connectivity index (χ2n) is 7.41. The van der Waals surface area contributed by atoms with Gasteiger partial charge in [0.25, 0.3) is 5.56 Å². The van der Waals surface area contributed by atoms with E-state index in [9.17, 15) is 9.59 Å². The third kappa shape index (κ3) is 3.26. The number of hydrogen-bond acceptors (Lipinski definition) is 5. The van der Waals surface area contributed by atoms with E-state index in [0.717, 1.165) is 38.5 Å². The molecule has 0 unspecified atom stereocenters. The van der Waals surface area contributed by atoms with Gasteiger partial charge in [-0.1, -0.05) is 23.9 Å². The summed E-state index contributed by atoms with van der Waals surface area (Å²) >= 11 is 0. The Morgan fingerprint density at radius 3 is 2.75 bits per heavy atom. The van der Waals surface area contributed by atoms with Crippen molar-refractivity contribution in [3.05, 3.63) is 95.8 Å². The van der Waals surface area contributed by atoms with Crippen molar-refractivity contribution >= 4 is 33.4 Å². The summed E-state index contributed by atoms with van der Waals surface area (Å²) < 4.78 is 6.62. The van der Waals surface area contributed by atoms with Crippen LogP contribution in [0.1, 0.15) is 5.56 Å². The van der Waals surface area contributed by atoms with Crippen LogP contribution in [0.15, 0.2) is 89.2 Å². The minimum absolute atomic E-state index is 0.190. The Bertz CT molecular complexity index is 1570. The molecule has 0 fully saturated rings. The largest absolute Gasteiger partial charge is 0.364 e. The number of rotatable bonds is 4. The molecule has 3 heterocycles. The van der Waals surface area contributed by atoms with Crippen LogP contribution in [0.3, 0.4) is 0 Å². The highest BCUT2D eigenvalue weighted by atomic mass is 16.5. The number of aromatic nitrogens is 3. The topological polar surface area (TPSA) is 90.0 Å². The average molecular weight is 422 g/mol.